The van der Waals surface area contributed by atoms with Crippen molar-refractivity contribution in [2.45, 2.75) is 6.42 Å². The normalized spacial score (nSPS) is 10.8. The maximum atomic E-state index is 12.2. The van der Waals surface area contributed by atoms with Gasteiger partial charge in [0.2, 0.25) is 11.7 Å². The molecule has 2 rings (SSSR count). The summed E-state index contributed by atoms with van der Waals surface area (Å²) in [5, 5.41) is 2.73. The summed E-state index contributed by atoms with van der Waals surface area (Å²) in [5.41, 5.74) is 18.2. The zero-order valence-electron chi connectivity index (χ0n) is 20.8. The van der Waals surface area contributed by atoms with Crippen LogP contribution in [0.1, 0.15) is 11.3 Å². The zero-order valence-corrected chi connectivity index (χ0v) is 20.8. The first-order chi connectivity index (χ1) is 17.5. The van der Waals surface area contributed by atoms with E-state index >= 15 is 0 Å². The van der Waals surface area contributed by atoms with Crippen LogP contribution in [0.2, 0.25) is 0 Å². The van der Waals surface area contributed by atoms with Crippen LogP contribution in [0.25, 0.3) is 0 Å². The molecule has 13 nitrogen and oxygen atoms in total. The lowest BCUT2D eigenvalue weighted by Gasteiger charge is -2.16. The van der Waals surface area contributed by atoms with E-state index in [4.69, 9.17) is 45.6 Å². The van der Waals surface area contributed by atoms with Gasteiger partial charge in [-0.2, -0.15) is 4.98 Å². The van der Waals surface area contributed by atoms with E-state index in [9.17, 15) is 4.79 Å². The van der Waals surface area contributed by atoms with Gasteiger partial charge in [-0.25, -0.2) is 4.98 Å². The molecule has 0 unspecified atom stereocenters. The van der Waals surface area contributed by atoms with E-state index in [0.29, 0.717) is 82.1 Å². The molecule has 1 amide bonds. The van der Waals surface area contributed by atoms with E-state index in [0.717, 1.165) is 5.56 Å². The predicted molar refractivity (Wildman–Crippen MR) is 133 cm³/mol. The number of aromatic nitrogens is 2. The van der Waals surface area contributed by atoms with Crippen LogP contribution in [0.5, 0.6) is 17.2 Å². The van der Waals surface area contributed by atoms with Gasteiger partial charge in [0.1, 0.15) is 5.82 Å². The number of methoxy groups -OCH3 is 2. The maximum Gasteiger partial charge on any atom is 0.258 e. The molecule has 0 aliphatic rings. The number of amides is 1. The number of benzene rings is 1. The average molecular weight is 509 g/mol. The number of carbonyl (C=O) groups excluding carboxylic acids is 1. The summed E-state index contributed by atoms with van der Waals surface area (Å²) in [6.45, 7) is 3.30. The Hall–Kier alpha value is -3.39. The highest BCUT2D eigenvalue weighted by Crippen LogP contribution is 2.39. The number of hydrogen-bond donors (Lipinski definition) is 4. The van der Waals surface area contributed by atoms with Gasteiger partial charge in [0.25, 0.3) is 5.91 Å². The van der Waals surface area contributed by atoms with Crippen molar-refractivity contribution in [3.05, 3.63) is 29.5 Å². The molecular formula is C23H36N6O7. The highest BCUT2D eigenvalue weighted by Gasteiger charge is 2.16. The minimum atomic E-state index is -0.313. The minimum absolute atomic E-state index is 0.0952. The van der Waals surface area contributed by atoms with E-state index in [1.807, 2.05) is 0 Å². The molecule has 2 aromatic rings. The van der Waals surface area contributed by atoms with Gasteiger partial charge in [0.05, 0.1) is 59.6 Å². The highest BCUT2D eigenvalue weighted by atomic mass is 16.5. The Balaban J connectivity index is 1.77. The van der Waals surface area contributed by atoms with Crippen LogP contribution in [-0.2, 0) is 25.4 Å². The first-order valence-corrected chi connectivity index (χ1v) is 11.4. The second-order valence-corrected chi connectivity index (χ2v) is 7.41. The van der Waals surface area contributed by atoms with Crippen molar-refractivity contribution in [1.29, 1.82) is 0 Å². The Labute approximate surface area is 210 Å². The molecule has 0 aliphatic carbocycles. The molecule has 0 radical (unpaired) electrons. The van der Waals surface area contributed by atoms with Crippen molar-refractivity contribution in [3.63, 3.8) is 0 Å². The molecule has 0 aliphatic heterocycles. The molecule has 0 atom stereocenters. The van der Waals surface area contributed by atoms with Gasteiger partial charge in [-0.05, 0) is 17.7 Å². The van der Waals surface area contributed by atoms with Crippen molar-refractivity contribution >= 4 is 17.7 Å². The topological polar surface area (TPSA) is 188 Å². The van der Waals surface area contributed by atoms with Crippen molar-refractivity contribution in [1.82, 2.24) is 15.3 Å². The number of nitrogens with one attached hydrogen (secondary N) is 1. The quantitative estimate of drug-likeness (QED) is 0.194. The van der Waals surface area contributed by atoms with Crippen LogP contribution in [0, 0.1) is 0 Å². The van der Waals surface area contributed by atoms with Crippen molar-refractivity contribution in [2.75, 3.05) is 85.0 Å². The standard InChI is InChI=1S/C23H36N6O7/c1-31-18-12-16(11-17-14-20(25)29-23(26)28-17)13-19(32-2)22(18)36-15-21(30)27-4-6-34-8-10-35-9-7-33-5-3-24/h12-14H,3-11,15,24H2,1-2H3,(H,27,30)(H4,25,26,28,29). The fourth-order valence-corrected chi connectivity index (χ4v) is 3.09. The number of ether oxygens (including phenoxy) is 6. The molecule has 200 valence electrons. The lowest BCUT2D eigenvalue weighted by Crippen LogP contribution is -2.32. The molecule has 1 heterocycles. The number of nitrogen functional groups attached to an aromatic ring is 2. The summed E-state index contributed by atoms with van der Waals surface area (Å²) >= 11 is 0. The Morgan fingerprint density at radius 3 is 2.08 bits per heavy atom. The molecule has 13 heteroatoms. The monoisotopic (exact) mass is 508 g/mol. The molecule has 1 aromatic heterocycles. The van der Waals surface area contributed by atoms with Gasteiger partial charge >= 0.3 is 0 Å². The number of rotatable bonds is 18. The summed E-state index contributed by atoms with van der Waals surface area (Å²) in [6, 6.07) is 5.18. The van der Waals surface area contributed by atoms with Crippen LogP contribution in [0.4, 0.5) is 11.8 Å². The van der Waals surface area contributed by atoms with E-state index in [1.165, 1.54) is 14.2 Å². The predicted octanol–water partition coefficient (Wildman–Crippen LogP) is -0.247. The van der Waals surface area contributed by atoms with Crippen molar-refractivity contribution in [2.24, 2.45) is 5.73 Å². The summed E-state index contributed by atoms with van der Waals surface area (Å²) in [4.78, 5) is 20.2. The number of carbonyl (C=O) groups is 1. The Morgan fingerprint density at radius 2 is 1.50 bits per heavy atom. The summed E-state index contributed by atoms with van der Waals surface area (Å²) < 4.78 is 32.6. The summed E-state index contributed by atoms with van der Waals surface area (Å²) in [7, 11) is 3.00. The fraction of sp³-hybridized carbons (Fsp3) is 0.522. The van der Waals surface area contributed by atoms with Crippen LogP contribution in [0.15, 0.2) is 18.2 Å². The lowest BCUT2D eigenvalue weighted by atomic mass is 10.1. The molecule has 0 bridgehead atoms. The largest absolute Gasteiger partial charge is 0.493 e. The van der Waals surface area contributed by atoms with Crippen LogP contribution in [-0.4, -0.2) is 89.4 Å². The van der Waals surface area contributed by atoms with Crippen LogP contribution < -0.4 is 36.7 Å². The Morgan fingerprint density at radius 1 is 0.889 bits per heavy atom. The van der Waals surface area contributed by atoms with Crippen molar-refractivity contribution < 1.29 is 33.2 Å². The van der Waals surface area contributed by atoms with Gasteiger partial charge in [0, 0.05) is 25.6 Å². The van der Waals surface area contributed by atoms with Crippen LogP contribution >= 0.6 is 0 Å². The average Bonchev–Trinajstić information content (AvgIpc) is 2.85. The Bertz CT molecular complexity index is 902. The first-order valence-electron chi connectivity index (χ1n) is 11.4. The van der Waals surface area contributed by atoms with Gasteiger partial charge in [-0.1, -0.05) is 0 Å². The van der Waals surface area contributed by atoms with Crippen LogP contribution in [0.3, 0.4) is 0 Å². The second-order valence-electron chi connectivity index (χ2n) is 7.41. The van der Waals surface area contributed by atoms with Gasteiger partial charge in [0.15, 0.2) is 18.1 Å². The third kappa shape index (κ3) is 10.5. The summed E-state index contributed by atoms with van der Waals surface area (Å²) in [5.74, 6) is 1.19. The van der Waals surface area contributed by atoms with Gasteiger partial charge in [-0.15, -0.1) is 0 Å². The number of hydrogen-bond acceptors (Lipinski definition) is 12. The number of nitrogens with zero attached hydrogens (tertiary/aromatic N) is 2. The molecule has 0 saturated heterocycles. The van der Waals surface area contributed by atoms with E-state index in [-0.39, 0.29) is 24.3 Å². The van der Waals surface area contributed by atoms with E-state index in [2.05, 4.69) is 15.3 Å². The summed E-state index contributed by atoms with van der Waals surface area (Å²) in [6.07, 6.45) is 0.414. The fourth-order valence-electron chi connectivity index (χ4n) is 3.09. The van der Waals surface area contributed by atoms with E-state index < -0.39 is 0 Å². The number of nitrogens with two attached hydrogens (primary N) is 3. The van der Waals surface area contributed by atoms with Gasteiger partial charge < -0.3 is 50.9 Å². The molecule has 1 aromatic carbocycles. The molecule has 0 fully saturated rings. The maximum absolute atomic E-state index is 12.2. The highest BCUT2D eigenvalue weighted by molar-refractivity contribution is 5.77. The third-order valence-corrected chi connectivity index (χ3v) is 4.64. The lowest BCUT2D eigenvalue weighted by molar-refractivity contribution is -0.123. The van der Waals surface area contributed by atoms with E-state index in [1.54, 1.807) is 18.2 Å². The number of anilines is 2. The molecule has 7 N–H and O–H groups in total. The SMILES string of the molecule is COc1cc(Cc2cc(N)nc(N)n2)cc(OC)c1OCC(=O)NCCOCCOCCOCCN. The van der Waals surface area contributed by atoms with Crippen molar-refractivity contribution in [3.8, 4) is 17.2 Å². The Kier molecular flexibility index (Phi) is 13.1. The molecule has 0 saturated carbocycles. The molecular weight excluding hydrogens is 472 g/mol. The molecule has 36 heavy (non-hydrogen) atoms. The second kappa shape index (κ2) is 16.3. The molecule has 0 spiro atoms. The zero-order chi connectivity index (χ0) is 26.2. The minimum Gasteiger partial charge on any atom is -0.493 e. The van der Waals surface area contributed by atoms with Gasteiger partial charge in [-0.3, -0.25) is 4.79 Å². The smallest absolute Gasteiger partial charge is 0.258 e. The first kappa shape index (κ1) is 28.8. The third-order valence-electron chi connectivity index (χ3n) is 4.64.